The lowest BCUT2D eigenvalue weighted by atomic mass is 9.95. The molecule has 0 radical (unpaired) electrons. The van der Waals surface area contributed by atoms with E-state index in [0.29, 0.717) is 12.8 Å². The molecule has 8 heteroatoms. The van der Waals surface area contributed by atoms with Crippen molar-refractivity contribution in [1.29, 1.82) is 5.26 Å². The third-order valence-electron chi connectivity index (χ3n) is 6.46. The predicted molar refractivity (Wildman–Crippen MR) is 119 cm³/mol. The van der Waals surface area contributed by atoms with Gasteiger partial charge < -0.3 is 9.64 Å². The summed E-state index contributed by atoms with van der Waals surface area (Å²) in [5.41, 5.74) is 1.25. The molecular weight excluding hydrogens is 426 g/mol. The Balaban J connectivity index is 1.43. The molecule has 2 fully saturated rings. The minimum absolute atomic E-state index is 0.0337. The Kier molecular flexibility index (Phi) is 6.49. The molecule has 0 saturated carbocycles. The molecule has 0 bridgehead atoms. The average molecular weight is 454 g/mol. The minimum atomic E-state index is -3.76. The van der Waals surface area contributed by atoms with Crippen LogP contribution in [-0.4, -0.2) is 50.3 Å². The number of likely N-dealkylation sites (tertiary alicyclic amines) is 1. The molecule has 1 amide bonds. The number of ether oxygens (including phenoxy) is 1. The zero-order valence-corrected chi connectivity index (χ0v) is 18.9. The van der Waals surface area contributed by atoms with E-state index in [1.165, 1.54) is 16.4 Å². The Labute approximate surface area is 189 Å². The number of carbonyl (C=O) groups is 1. The number of methoxy groups -OCH3 is 1. The van der Waals surface area contributed by atoms with Crippen LogP contribution in [0, 0.1) is 17.2 Å². The van der Waals surface area contributed by atoms with E-state index >= 15 is 0 Å². The molecule has 2 aromatic carbocycles. The first kappa shape index (κ1) is 22.3. The van der Waals surface area contributed by atoms with E-state index in [4.69, 9.17) is 4.74 Å². The highest BCUT2D eigenvalue weighted by molar-refractivity contribution is 7.89. The van der Waals surface area contributed by atoms with Crippen molar-refractivity contribution in [2.24, 2.45) is 5.92 Å². The monoisotopic (exact) mass is 453 g/mol. The number of piperidine rings is 1. The average Bonchev–Trinajstić information content (AvgIpc) is 3.33. The maximum Gasteiger partial charge on any atom is 0.244 e. The van der Waals surface area contributed by atoms with E-state index in [9.17, 15) is 18.5 Å². The van der Waals surface area contributed by atoms with Crippen LogP contribution in [0.15, 0.2) is 53.4 Å². The summed E-state index contributed by atoms with van der Waals surface area (Å²) in [6, 6.07) is 16.1. The lowest BCUT2D eigenvalue weighted by Crippen LogP contribution is -2.44. The molecule has 4 rings (SSSR count). The van der Waals surface area contributed by atoms with E-state index in [1.54, 1.807) is 19.2 Å². The predicted octanol–water partition coefficient (Wildman–Crippen LogP) is 3.33. The highest BCUT2D eigenvalue weighted by atomic mass is 32.2. The molecule has 0 aromatic heterocycles. The fraction of sp³-hybridized carbons (Fsp3) is 0.417. The van der Waals surface area contributed by atoms with Crippen molar-refractivity contribution in [3.8, 4) is 11.8 Å². The van der Waals surface area contributed by atoms with Gasteiger partial charge in [0, 0.05) is 25.6 Å². The summed E-state index contributed by atoms with van der Waals surface area (Å²) in [5.74, 6) is 0.709. The van der Waals surface area contributed by atoms with Crippen LogP contribution in [0.1, 0.15) is 42.9 Å². The van der Waals surface area contributed by atoms with Crippen molar-refractivity contribution in [1.82, 2.24) is 9.21 Å². The van der Waals surface area contributed by atoms with Crippen LogP contribution >= 0.6 is 0 Å². The number of benzene rings is 2. The number of amides is 1. The van der Waals surface area contributed by atoms with Crippen molar-refractivity contribution in [2.75, 3.05) is 26.7 Å². The molecule has 0 N–H and O–H groups in total. The van der Waals surface area contributed by atoms with Gasteiger partial charge in [0.1, 0.15) is 11.8 Å². The highest BCUT2D eigenvalue weighted by Gasteiger charge is 2.38. The van der Waals surface area contributed by atoms with Gasteiger partial charge in [-0.2, -0.15) is 9.57 Å². The molecule has 2 aliphatic rings. The number of nitrogens with zero attached hydrogens (tertiary/aromatic N) is 3. The standard InChI is InChI=1S/C24H27N3O4S/c1-31-21-10-8-18(9-11-21)22-6-4-14-27(22)24(28)19-12-15-26(16-13-19)32(29,30)23-7-3-2-5-20(23)17-25/h2-3,5,7-11,19,22H,4,6,12-16H2,1H3/t22-/m0/s1. The molecule has 2 aliphatic heterocycles. The molecule has 0 spiro atoms. The van der Waals surface area contributed by atoms with Crippen molar-refractivity contribution in [3.63, 3.8) is 0 Å². The molecule has 2 saturated heterocycles. The van der Waals surface area contributed by atoms with Gasteiger partial charge in [-0.25, -0.2) is 8.42 Å². The maximum absolute atomic E-state index is 13.3. The van der Waals surface area contributed by atoms with E-state index in [0.717, 1.165) is 30.7 Å². The van der Waals surface area contributed by atoms with E-state index < -0.39 is 10.0 Å². The molecule has 0 unspecified atom stereocenters. The van der Waals surface area contributed by atoms with E-state index in [-0.39, 0.29) is 41.4 Å². The fourth-order valence-electron chi connectivity index (χ4n) is 4.70. The van der Waals surface area contributed by atoms with Gasteiger partial charge >= 0.3 is 0 Å². The maximum atomic E-state index is 13.3. The lowest BCUT2D eigenvalue weighted by molar-refractivity contribution is -0.137. The van der Waals surface area contributed by atoms with Gasteiger partial charge in [-0.15, -0.1) is 0 Å². The molecule has 0 aliphatic carbocycles. The molecule has 2 aromatic rings. The van der Waals surface area contributed by atoms with Crippen LogP contribution in [-0.2, 0) is 14.8 Å². The minimum Gasteiger partial charge on any atom is -0.497 e. The van der Waals surface area contributed by atoms with Gasteiger partial charge in [0.05, 0.1) is 23.6 Å². The fourth-order valence-corrected chi connectivity index (χ4v) is 6.32. The van der Waals surface area contributed by atoms with Gasteiger partial charge in [0.25, 0.3) is 0 Å². The van der Waals surface area contributed by atoms with Gasteiger partial charge in [0.2, 0.25) is 15.9 Å². The second-order valence-electron chi connectivity index (χ2n) is 8.25. The van der Waals surface area contributed by atoms with Crippen molar-refractivity contribution in [3.05, 3.63) is 59.7 Å². The summed E-state index contributed by atoms with van der Waals surface area (Å²) in [6.45, 7) is 1.28. The largest absolute Gasteiger partial charge is 0.497 e. The highest BCUT2D eigenvalue weighted by Crippen LogP contribution is 2.36. The first-order valence-electron chi connectivity index (χ1n) is 10.9. The molecule has 1 atom stereocenters. The zero-order valence-electron chi connectivity index (χ0n) is 18.1. The normalized spacial score (nSPS) is 20.1. The van der Waals surface area contributed by atoms with E-state index in [1.807, 2.05) is 35.2 Å². The van der Waals surface area contributed by atoms with E-state index in [2.05, 4.69) is 0 Å². The second kappa shape index (κ2) is 9.31. The van der Waals surface area contributed by atoms with Crippen LogP contribution in [0.3, 0.4) is 0 Å². The second-order valence-corrected chi connectivity index (χ2v) is 10.2. The Morgan fingerprint density at radius 1 is 1.03 bits per heavy atom. The van der Waals surface area contributed by atoms with Crippen LogP contribution in [0.4, 0.5) is 0 Å². The van der Waals surface area contributed by atoms with Crippen molar-refractivity contribution < 1.29 is 17.9 Å². The third kappa shape index (κ3) is 4.23. The Bertz CT molecular complexity index is 1120. The smallest absolute Gasteiger partial charge is 0.244 e. The van der Waals surface area contributed by atoms with Crippen LogP contribution in [0.25, 0.3) is 0 Å². The number of nitriles is 1. The first-order valence-corrected chi connectivity index (χ1v) is 12.3. The first-order chi connectivity index (χ1) is 15.5. The number of carbonyl (C=O) groups excluding carboxylic acids is 1. The Hall–Kier alpha value is -2.89. The lowest BCUT2D eigenvalue weighted by Gasteiger charge is -2.34. The SMILES string of the molecule is COc1ccc([C@@H]2CCCN2C(=O)C2CCN(S(=O)(=O)c3ccccc3C#N)CC2)cc1. The van der Waals surface area contributed by atoms with Gasteiger partial charge in [-0.3, -0.25) is 4.79 Å². The van der Waals surface area contributed by atoms with Crippen LogP contribution in [0.5, 0.6) is 5.75 Å². The zero-order chi connectivity index (χ0) is 22.7. The van der Waals surface area contributed by atoms with Crippen LogP contribution < -0.4 is 4.74 Å². The molecule has 168 valence electrons. The molecular formula is C24H27N3O4S. The van der Waals surface area contributed by atoms with Crippen LogP contribution in [0.2, 0.25) is 0 Å². The van der Waals surface area contributed by atoms with Gasteiger partial charge in [0.15, 0.2) is 0 Å². The summed E-state index contributed by atoms with van der Waals surface area (Å²) in [7, 11) is -2.13. The summed E-state index contributed by atoms with van der Waals surface area (Å²) in [5, 5.41) is 9.27. The Morgan fingerprint density at radius 2 is 1.72 bits per heavy atom. The molecule has 7 nitrogen and oxygen atoms in total. The summed E-state index contributed by atoms with van der Waals surface area (Å²) in [4.78, 5) is 15.3. The summed E-state index contributed by atoms with van der Waals surface area (Å²) < 4.78 is 32.8. The number of rotatable bonds is 5. The van der Waals surface area contributed by atoms with Crippen molar-refractivity contribution in [2.45, 2.75) is 36.6 Å². The Morgan fingerprint density at radius 3 is 2.38 bits per heavy atom. The van der Waals surface area contributed by atoms with Gasteiger partial charge in [-0.1, -0.05) is 24.3 Å². The quantitative estimate of drug-likeness (QED) is 0.693. The topological polar surface area (TPSA) is 90.7 Å². The summed E-state index contributed by atoms with van der Waals surface area (Å²) >= 11 is 0. The third-order valence-corrected chi connectivity index (χ3v) is 8.42. The van der Waals surface area contributed by atoms with Crippen molar-refractivity contribution >= 4 is 15.9 Å². The van der Waals surface area contributed by atoms with Gasteiger partial charge in [-0.05, 0) is 55.5 Å². The molecule has 2 heterocycles. The number of sulfonamides is 1. The summed E-state index contributed by atoms with van der Waals surface area (Å²) in [6.07, 6.45) is 2.86. The number of hydrogen-bond acceptors (Lipinski definition) is 5. The number of hydrogen-bond donors (Lipinski definition) is 0. The molecule has 32 heavy (non-hydrogen) atoms.